The minimum Gasteiger partial charge on any atom is -0.294 e. The van der Waals surface area contributed by atoms with E-state index >= 15 is 0 Å². The van der Waals surface area contributed by atoms with Gasteiger partial charge >= 0.3 is 0 Å². The van der Waals surface area contributed by atoms with E-state index < -0.39 is 0 Å². The summed E-state index contributed by atoms with van der Waals surface area (Å²) in [5.74, 6) is 0.850. The average Bonchev–Trinajstić information content (AvgIpc) is 3.20. The predicted molar refractivity (Wildman–Crippen MR) is 119 cm³/mol. The molecular formula is C26H28OS. The van der Waals surface area contributed by atoms with Gasteiger partial charge in [0.1, 0.15) is 0 Å². The monoisotopic (exact) mass is 388 g/mol. The fraction of sp³-hybridized carbons (Fsp3) is 0.346. The lowest BCUT2D eigenvalue weighted by atomic mass is 9.83. The van der Waals surface area contributed by atoms with Gasteiger partial charge in [-0.25, -0.2) is 0 Å². The second-order valence-electron chi connectivity index (χ2n) is 7.91. The molecule has 1 aromatic heterocycles. The molecule has 1 nitrogen and oxygen atoms in total. The normalized spacial score (nSPS) is 15.7. The van der Waals surface area contributed by atoms with Crippen molar-refractivity contribution < 1.29 is 4.79 Å². The highest BCUT2D eigenvalue weighted by atomic mass is 32.1. The highest BCUT2D eigenvalue weighted by Gasteiger charge is 2.19. The Morgan fingerprint density at radius 3 is 2.32 bits per heavy atom. The molecule has 4 rings (SSSR count). The van der Waals surface area contributed by atoms with E-state index in [1.165, 1.54) is 61.6 Å². The summed E-state index contributed by atoms with van der Waals surface area (Å²) in [5.41, 5.74) is 4.67. The average molecular weight is 389 g/mol. The Hall–Kier alpha value is -2.19. The first-order chi connectivity index (χ1) is 13.8. The number of hydrogen-bond donors (Lipinski definition) is 0. The molecule has 1 aliphatic carbocycles. The van der Waals surface area contributed by atoms with Crippen LogP contribution in [0.2, 0.25) is 0 Å². The standard InChI is InChI=1S/C26H28OS/c27-25(23-18-26(28-19-23)21-13-7-4-8-14-21)17-22-15-9-10-16-24(22)20-11-5-2-1-3-6-12-20/h4,7-10,13-16,18-20H,1-3,5-6,11-12,17H2. The van der Waals surface area contributed by atoms with Gasteiger partial charge in [-0.1, -0.05) is 86.7 Å². The van der Waals surface area contributed by atoms with Gasteiger partial charge in [0, 0.05) is 22.2 Å². The van der Waals surface area contributed by atoms with Gasteiger partial charge in [0.25, 0.3) is 0 Å². The highest BCUT2D eigenvalue weighted by Crippen LogP contribution is 2.34. The molecular weight excluding hydrogens is 360 g/mol. The zero-order valence-corrected chi connectivity index (χ0v) is 17.2. The third kappa shape index (κ3) is 4.62. The zero-order chi connectivity index (χ0) is 19.2. The van der Waals surface area contributed by atoms with Crippen LogP contribution in [0, 0.1) is 0 Å². The van der Waals surface area contributed by atoms with Gasteiger partial charge in [-0.2, -0.15) is 0 Å². The first-order valence-corrected chi connectivity index (χ1v) is 11.4. The topological polar surface area (TPSA) is 17.1 Å². The van der Waals surface area contributed by atoms with Crippen LogP contribution in [0.1, 0.15) is 72.3 Å². The number of Topliss-reactive ketones (excluding diaryl/α,β-unsaturated/α-hetero) is 1. The number of benzene rings is 2. The molecule has 1 fully saturated rings. The fourth-order valence-corrected chi connectivity index (χ4v) is 5.29. The lowest BCUT2D eigenvalue weighted by molar-refractivity contribution is 0.0993. The van der Waals surface area contributed by atoms with Gasteiger partial charge in [0.15, 0.2) is 5.78 Å². The molecule has 2 heteroatoms. The summed E-state index contributed by atoms with van der Waals surface area (Å²) in [6.45, 7) is 0. The molecule has 0 aliphatic heterocycles. The molecule has 1 heterocycles. The Kier molecular flexibility index (Phi) is 6.38. The van der Waals surface area contributed by atoms with Crippen LogP contribution in [0.5, 0.6) is 0 Å². The number of carbonyl (C=O) groups excluding carboxylic acids is 1. The molecule has 1 aliphatic rings. The number of carbonyl (C=O) groups is 1. The largest absolute Gasteiger partial charge is 0.294 e. The Bertz CT molecular complexity index is 901. The van der Waals surface area contributed by atoms with Crippen molar-refractivity contribution in [3.05, 3.63) is 82.7 Å². The molecule has 3 aromatic rings. The molecule has 0 radical (unpaired) electrons. The van der Waals surface area contributed by atoms with Crippen LogP contribution in [-0.2, 0) is 6.42 Å². The minimum absolute atomic E-state index is 0.233. The third-order valence-corrected chi connectivity index (χ3v) is 6.91. The Labute approximate surface area is 172 Å². The summed E-state index contributed by atoms with van der Waals surface area (Å²) in [7, 11) is 0. The van der Waals surface area contributed by atoms with Crippen molar-refractivity contribution in [3.8, 4) is 10.4 Å². The third-order valence-electron chi connectivity index (χ3n) is 5.93. The summed E-state index contributed by atoms with van der Waals surface area (Å²) in [4.78, 5) is 14.2. The van der Waals surface area contributed by atoms with Crippen LogP contribution < -0.4 is 0 Å². The second kappa shape index (κ2) is 9.34. The van der Waals surface area contributed by atoms with Crippen LogP contribution >= 0.6 is 11.3 Å². The lowest BCUT2D eigenvalue weighted by Crippen LogP contribution is -2.09. The van der Waals surface area contributed by atoms with E-state index in [4.69, 9.17) is 0 Å². The summed E-state index contributed by atoms with van der Waals surface area (Å²) < 4.78 is 0. The van der Waals surface area contributed by atoms with Crippen LogP contribution in [0.25, 0.3) is 10.4 Å². The maximum atomic E-state index is 13.0. The first-order valence-electron chi connectivity index (χ1n) is 10.6. The van der Waals surface area contributed by atoms with E-state index in [1.807, 2.05) is 23.6 Å². The van der Waals surface area contributed by atoms with Gasteiger partial charge in [-0.3, -0.25) is 4.79 Å². The zero-order valence-electron chi connectivity index (χ0n) is 16.4. The van der Waals surface area contributed by atoms with E-state index in [-0.39, 0.29) is 5.78 Å². The van der Waals surface area contributed by atoms with Gasteiger partial charge in [-0.05, 0) is 41.5 Å². The number of hydrogen-bond acceptors (Lipinski definition) is 2. The maximum Gasteiger partial charge on any atom is 0.168 e. The maximum absolute atomic E-state index is 13.0. The van der Waals surface area contributed by atoms with Gasteiger partial charge < -0.3 is 0 Å². The lowest BCUT2D eigenvalue weighted by Gasteiger charge is -2.22. The van der Waals surface area contributed by atoms with Crippen molar-refractivity contribution in [1.29, 1.82) is 0 Å². The van der Waals surface area contributed by atoms with Crippen molar-refractivity contribution in [2.75, 3.05) is 0 Å². The van der Waals surface area contributed by atoms with Crippen LogP contribution in [0.15, 0.2) is 66.0 Å². The molecule has 0 amide bonds. The molecule has 1 saturated carbocycles. The summed E-state index contributed by atoms with van der Waals surface area (Å²) >= 11 is 1.66. The summed E-state index contributed by atoms with van der Waals surface area (Å²) in [5, 5.41) is 2.02. The second-order valence-corrected chi connectivity index (χ2v) is 8.82. The van der Waals surface area contributed by atoms with Crippen molar-refractivity contribution in [3.63, 3.8) is 0 Å². The minimum atomic E-state index is 0.233. The fourth-order valence-electron chi connectivity index (χ4n) is 4.37. The van der Waals surface area contributed by atoms with Crippen LogP contribution in [-0.4, -0.2) is 5.78 Å². The summed E-state index contributed by atoms with van der Waals surface area (Å²) in [6.07, 6.45) is 9.77. The van der Waals surface area contributed by atoms with Gasteiger partial charge in [0.2, 0.25) is 0 Å². The van der Waals surface area contributed by atoms with E-state index in [0.717, 1.165) is 10.4 Å². The van der Waals surface area contributed by atoms with Gasteiger partial charge in [-0.15, -0.1) is 11.3 Å². The van der Waals surface area contributed by atoms with E-state index in [0.29, 0.717) is 12.3 Å². The van der Waals surface area contributed by atoms with E-state index in [2.05, 4.69) is 42.5 Å². The molecule has 0 spiro atoms. The molecule has 2 aromatic carbocycles. The van der Waals surface area contributed by atoms with Crippen molar-refractivity contribution in [1.82, 2.24) is 0 Å². The first kappa shape index (κ1) is 19.1. The molecule has 0 N–H and O–H groups in total. The number of rotatable bonds is 5. The predicted octanol–water partition coefficient (Wildman–Crippen LogP) is 7.67. The van der Waals surface area contributed by atoms with Crippen molar-refractivity contribution in [2.24, 2.45) is 0 Å². The highest BCUT2D eigenvalue weighted by molar-refractivity contribution is 7.13. The Morgan fingerprint density at radius 2 is 1.54 bits per heavy atom. The molecule has 0 atom stereocenters. The molecule has 0 saturated heterocycles. The smallest absolute Gasteiger partial charge is 0.168 e. The van der Waals surface area contributed by atoms with Gasteiger partial charge in [0.05, 0.1) is 0 Å². The number of thiophene rings is 1. The van der Waals surface area contributed by atoms with Crippen molar-refractivity contribution >= 4 is 17.1 Å². The Balaban J connectivity index is 1.51. The van der Waals surface area contributed by atoms with Crippen molar-refractivity contribution in [2.45, 2.75) is 57.3 Å². The molecule has 0 unspecified atom stereocenters. The van der Waals surface area contributed by atoms with E-state index in [1.54, 1.807) is 11.3 Å². The Morgan fingerprint density at radius 1 is 0.857 bits per heavy atom. The molecule has 0 bridgehead atoms. The number of ketones is 1. The van der Waals surface area contributed by atoms with Crippen LogP contribution in [0.3, 0.4) is 0 Å². The SMILES string of the molecule is O=C(Cc1ccccc1C1CCCCCCC1)c1csc(-c2ccccc2)c1. The quantitative estimate of drug-likeness (QED) is 0.410. The van der Waals surface area contributed by atoms with E-state index in [9.17, 15) is 4.79 Å². The summed E-state index contributed by atoms with van der Waals surface area (Å²) in [6, 6.07) is 21.0. The molecule has 28 heavy (non-hydrogen) atoms. The molecule has 144 valence electrons. The van der Waals surface area contributed by atoms with Crippen LogP contribution in [0.4, 0.5) is 0 Å².